The number of hydrogen-bond acceptors (Lipinski definition) is 9. The van der Waals surface area contributed by atoms with E-state index in [0.717, 1.165) is 12.1 Å². The minimum absolute atomic E-state index is 0.0384. The highest BCUT2D eigenvalue weighted by atomic mass is 35.5. The molecule has 3 aromatic carbocycles. The van der Waals surface area contributed by atoms with Crippen molar-refractivity contribution in [3.05, 3.63) is 100 Å². The van der Waals surface area contributed by atoms with E-state index in [1.54, 1.807) is 42.5 Å². The molecule has 3 fully saturated rings. The third-order valence-corrected chi connectivity index (χ3v) is 10.4. The molecule has 2 N–H and O–H groups in total. The summed E-state index contributed by atoms with van der Waals surface area (Å²) in [6, 6.07) is 16.3. The molecule has 3 aromatic rings. The lowest BCUT2D eigenvalue weighted by Gasteiger charge is -2.50. The Kier molecular flexibility index (Phi) is 7.50. The third-order valence-electron chi connectivity index (χ3n) is 10.2. The number of imide groups is 4. The van der Waals surface area contributed by atoms with E-state index in [1.807, 2.05) is 0 Å². The van der Waals surface area contributed by atoms with Gasteiger partial charge in [0.25, 0.3) is 11.8 Å². The van der Waals surface area contributed by atoms with Crippen molar-refractivity contribution < 1.29 is 42.9 Å². The van der Waals surface area contributed by atoms with E-state index in [0.29, 0.717) is 26.8 Å². The van der Waals surface area contributed by atoms with Crippen molar-refractivity contribution in [1.29, 1.82) is 0 Å². The number of methoxy groups -OCH3 is 2. The number of carbonyl (C=O) groups excluding carboxylic acids is 5. The van der Waals surface area contributed by atoms with Crippen molar-refractivity contribution in [1.82, 2.24) is 9.91 Å². The summed E-state index contributed by atoms with van der Waals surface area (Å²) in [5.41, 5.74) is 2.75. The summed E-state index contributed by atoms with van der Waals surface area (Å²) in [5.74, 6) is -7.93. The number of nitrogens with zero attached hydrogens (tertiary/aromatic N) is 2. The lowest BCUT2D eigenvalue weighted by atomic mass is 9.49. The largest absolute Gasteiger partial charge is 0.508 e. The van der Waals surface area contributed by atoms with Gasteiger partial charge in [0.2, 0.25) is 11.8 Å². The van der Waals surface area contributed by atoms with Gasteiger partial charge in [0, 0.05) is 22.6 Å². The second-order valence-corrected chi connectivity index (χ2v) is 12.7. The molecule has 0 spiro atoms. The number of hydrogen-bond donors (Lipinski definition) is 2. The van der Waals surface area contributed by atoms with Gasteiger partial charge in [-0.05, 0) is 66.8 Å². The molecule has 6 atom stereocenters. The smallest absolute Gasteiger partial charge is 0.423 e. The van der Waals surface area contributed by atoms with Gasteiger partial charge in [0.05, 0.1) is 43.1 Å². The highest BCUT2D eigenvalue weighted by Gasteiger charge is 2.71. The maximum atomic E-state index is 15.1. The molecule has 1 saturated carbocycles. The first kappa shape index (κ1) is 31.4. The molecule has 246 valence electrons. The van der Waals surface area contributed by atoms with Crippen LogP contribution in [0.5, 0.6) is 11.5 Å². The zero-order valence-electron chi connectivity index (χ0n) is 25.7. The molecule has 0 radical (unpaired) electrons. The van der Waals surface area contributed by atoms with Crippen LogP contribution < -0.4 is 10.2 Å². The van der Waals surface area contributed by atoms with Crippen LogP contribution in [-0.2, 0) is 29.3 Å². The number of phenolic OH excluding ortho intramolecular Hbond substituents is 1. The minimum atomic E-state index is -1.68. The van der Waals surface area contributed by atoms with Crippen molar-refractivity contribution in [2.45, 2.75) is 24.2 Å². The van der Waals surface area contributed by atoms with Crippen molar-refractivity contribution in [2.24, 2.45) is 23.7 Å². The third kappa shape index (κ3) is 4.42. The van der Waals surface area contributed by atoms with E-state index < -0.39 is 70.5 Å². The highest BCUT2D eigenvalue weighted by molar-refractivity contribution is 6.30. The minimum Gasteiger partial charge on any atom is -0.508 e. The maximum Gasteiger partial charge on any atom is 0.423 e. The summed E-state index contributed by atoms with van der Waals surface area (Å²) in [7, 11) is 2.51. The molecule has 7 rings (SSSR count). The number of fused-ring (bicyclic) bond motifs is 4. The van der Waals surface area contributed by atoms with Gasteiger partial charge in [0.1, 0.15) is 17.3 Å². The molecule has 0 unspecified atom stereocenters. The van der Waals surface area contributed by atoms with E-state index in [2.05, 4.69) is 5.43 Å². The van der Waals surface area contributed by atoms with E-state index in [1.165, 1.54) is 37.4 Å². The molecular weight excluding hydrogens is 645 g/mol. The number of likely N-dealkylation sites (tertiary alicyclic amines) is 1. The monoisotopic (exact) mass is 673 g/mol. The van der Waals surface area contributed by atoms with Crippen LogP contribution in [0, 0.1) is 29.5 Å². The molecule has 48 heavy (non-hydrogen) atoms. The molecular formula is C35H29ClFN3O8. The molecule has 4 aliphatic rings. The Hall–Kier alpha value is -5.23. The Morgan fingerprint density at radius 3 is 2.31 bits per heavy atom. The molecule has 2 heterocycles. The van der Waals surface area contributed by atoms with E-state index in [-0.39, 0.29) is 29.8 Å². The zero-order valence-corrected chi connectivity index (χ0v) is 26.4. The number of carbonyl (C=O) groups is 5. The molecule has 5 amide bonds. The van der Waals surface area contributed by atoms with Gasteiger partial charge in [-0.1, -0.05) is 41.4 Å². The van der Waals surface area contributed by atoms with Gasteiger partial charge in [-0.25, -0.2) is 9.18 Å². The fourth-order valence-electron chi connectivity index (χ4n) is 8.17. The van der Waals surface area contributed by atoms with Crippen LogP contribution in [0.1, 0.15) is 29.9 Å². The topological polar surface area (TPSA) is 143 Å². The van der Waals surface area contributed by atoms with Gasteiger partial charge >= 0.3 is 6.09 Å². The molecule has 2 saturated heterocycles. The van der Waals surface area contributed by atoms with Crippen LogP contribution in [0.2, 0.25) is 5.02 Å². The fraction of sp³-hybridized carbons (Fsp3) is 0.286. The normalized spacial score (nSPS) is 27.7. The van der Waals surface area contributed by atoms with Crippen LogP contribution in [0.4, 0.5) is 14.9 Å². The average Bonchev–Trinajstić information content (AvgIpc) is 3.46. The van der Waals surface area contributed by atoms with E-state index >= 15 is 4.79 Å². The Morgan fingerprint density at radius 1 is 0.958 bits per heavy atom. The molecule has 2 aliphatic heterocycles. The Labute approximate surface area is 278 Å². The van der Waals surface area contributed by atoms with Crippen molar-refractivity contribution in [3.8, 4) is 11.5 Å². The summed E-state index contributed by atoms with van der Waals surface area (Å²) < 4.78 is 23.8. The number of anilines is 1. The maximum absolute atomic E-state index is 15.1. The first-order chi connectivity index (χ1) is 23.0. The summed E-state index contributed by atoms with van der Waals surface area (Å²) >= 11 is 6.29. The Bertz CT molecular complexity index is 1920. The van der Waals surface area contributed by atoms with Crippen LogP contribution in [0.15, 0.2) is 78.4 Å². The number of amides is 5. The number of benzene rings is 3. The molecule has 0 aromatic heterocycles. The van der Waals surface area contributed by atoms with Crippen LogP contribution in [0.25, 0.3) is 0 Å². The number of aromatic hydroxyl groups is 1. The molecule has 2 aliphatic carbocycles. The zero-order chi connectivity index (χ0) is 34.1. The Balaban J connectivity index is 1.46. The summed E-state index contributed by atoms with van der Waals surface area (Å²) in [6.45, 7) is 0. The van der Waals surface area contributed by atoms with Gasteiger partial charge in [0.15, 0.2) is 0 Å². The summed E-state index contributed by atoms with van der Waals surface area (Å²) in [4.78, 5) is 69.9. The van der Waals surface area contributed by atoms with Gasteiger partial charge < -0.3 is 14.6 Å². The second kappa shape index (κ2) is 11.5. The summed E-state index contributed by atoms with van der Waals surface area (Å²) in [5, 5.41) is 12.8. The molecule has 0 bridgehead atoms. The number of hydrazine groups is 1. The SMILES string of the molecule is COC(=O)N1C(=O)[C@H]2[C@H](CC=C3[C@H]2C[C@H]2C(=O)N(Nc4ccc(F)cc4)C(=O)[C@@]2(c2ccc(Cl)cc2)[C@H]3c2ccc(OC)cc2O)C1=O. The second-order valence-electron chi connectivity index (χ2n) is 12.3. The Morgan fingerprint density at radius 2 is 1.67 bits per heavy atom. The number of nitrogens with one attached hydrogen (secondary N) is 1. The first-order valence-electron chi connectivity index (χ1n) is 15.2. The van der Waals surface area contributed by atoms with Crippen LogP contribution in [0.3, 0.4) is 0 Å². The van der Waals surface area contributed by atoms with Crippen molar-refractivity contribution in [3.63, 3.8) is 0 Å². The number of ether oxygens (including phenoxy) is 2. The van der Waals surface area contributed by atoms with Crippen LogP contribution >= 0.6 is 11.6 Å². The fourth-order valence-corrected chi connectivity index (χ4v) is 8.29. The number of rotatable bonds is 5. The number of allylic oxidation sites excluding steroid dienone is 2. The van der Waals surface area contributed by atoms with E-state index in [9.17, 15) is 28.7 Å². The van der Waals surface area contributed by atoms with Gasteiger partial charge in [-0.15, -0.1) is 0 Å². The van der Waals surface area contributed by atoms with Crippen molar-refractivity contribution >= 4 is 47.0 Å². The number of phenols is 1. The molecule has 11 nitrogen and oxygen atoms in total. The predicted octanol–water partition coefficient (Wildman–Crippen LogP) is 4.94. The van der Waals surface area contributed by atoms with Crippen LogP contribution in [-0.4, -0.2) is 59.0 Å². The highest BCUT2D eigenvalue weighted by Crippen LogP contribution is 2.65. The predicted molar refractivity (Wildman–Crippen MR) is 168 cm³/mol. The first-order valence-corrected chi connectivity index (χ1v) is 15.6. The lowest BCUT2D eigenvalue weighted by molar-refractivity contribution is -0.140. The lowest BCUT2D eigenvalue weighted by Crippen LogP contribution is -2.53. The summed E-state index contributed by atoms with van der Waals surface area (Å²) in [6.07, 6.45) is 0.721. The van der Waals surface area contributed by atoms with Gasteiger partial charge in [-0.3, -0.25) is 24.6 Å². The van der Waals surface area contributed by atoms with E-state index in [4.69, 9.17) is 21.1 Å². The molecule has 13 heteroatoms. The standard InChI is InChI=1S/C35H29ClFN3O8/c1-47-21-11-12-23(27(41)15-21)29-22-13-14-24-28(32(44)39(30(24)42)34(46)48-2)25(22)16-26-31(43)40(38-20-9-7-19(37)8-10-20)33(45)35(26,29)17-3-5-18(36)6-4-17/h3-13,15,24-26,28-29,38,41H,14,16H2,1-2H3/t24-,25+,26-,28-,29+,35+/m0/s1. The number of halogens is 2. The quantitative estimate of drug-likeness (QED) is 0.284. The van der Waals surface area contributed by atoms with Gasteiger partial charge in [-0.2, -0.15) is 9.91 Å². The average molecular weight is 674 g/mol. The van der Waals surface area contributed by atoms with Crippen molar-refractivity contribution in [2.75, 3.05) is 19.6 Å².